The van der Waals surface area contributed by atoms with Gasteiger partial charge in [-0.3, -0.25) is 9.69 Å². The Kier molecular flexibility index (Phi) is 3.08. The van der Waals surface area contributed by atoms with Crippen LogP contribution in [0.5, 0.6) is 0 Å². The summed E-state index contributed by atoms with van der Waals surface area (Å²) >= 11 is 0. The average Bonchev–Trinajstić information content (AvgIpc) is 2.49. The highest BCUT2D eigenvalue weighted by molar-refractivity contribution is 5.78. The van der Waals surface area contributed by atoms with Crippen LogP contribution >= 0.6 is 0 Å². The van der Waals surface area contributed by atoms with Crippen molar-refractivity contribution < 1.29 is 9.53 Å². The Morgan fingerprint density at radius 2 is 2.15 bits per heavy atom. The van der Waals surface area contributed by atoms with Crippen LogP contribution in [0.15, 0.2) is 0 Å². The van der Waals surface area contributed by atoms with Crippen molar-refractivity contribution in [3.05, 3.63) is 0 Å². The molecule has 2 bridgehead atoms. The van der Waals surface area contributed by atoms with Gasteiger partial charge in [0.25, 0.3) is 0 Å². The number of carbonyl (C=O) groups excluding carboxylic acids is 1. The third-order valence-electron chi connectivity index (χ3n) is 6.34. The van der Waals surface area contributed by atoms with Crippen LogP contribution in [0.1, 0.15) is 44.9 Å². The lowest BCUT2D eigenvalue weighted by Crippen LogP contribution is -2.71. The molecule has 4 fully saturated rings. The molecule has 0 spiro atoms. The number of ether oxygens (including phenoxy) is 1. The molecule has 0 aromatic rings. The minimum atomic E-state index is -0.283. The van der Waals surface area contributed by atoms with Crippen molar-refractivity contribution in [1.29, 1.82) is 0 Å². The summed E-state index contributed by atoms with van der Waals surface area (Å²) in [4.78, 5) is 17.3. The molecule has 0 aromatic carbocycles. The van der Waals surface area contributed by atoms with E-state index in [1.807, 2.05) is 7.11 Å². The van der Waals surface area contributed by atoms with Gasteiger partial charge < -0.3 is 9.64 Å². The van der Waals surface area contributed by atoms with Crippen LogP contribution < -0.4 is 0 Å². The van der Waals surface area contributed by atoms with Crippen LogP contribution in [0.25, 0.3) is 0 Å². The molecule has 112 valence electrons. The first-order chi connectivity index (χ1) is 9.74. The van der Waals surface area contributed by atoms with Crippen molar-refractivity contribution in [1.82, 2.24) is 9.80 Å². The fourth-order valence-corrected chi connectivity index (χ4v) is 5.45. The smallest absolute Gasteiger partial charge is 0.224 e. The van der Waals surface area contributed by atoms with Crippen molar-refractivity contribution in [2.24, 2.45) is 11.8 Å². The molecular weight excluding hydrogens is 252 g/mol. The van der Waals surface area contributed by atoms with Gasteiger partial charge in [-0.1, -0.05) is 6.42 Å². The number of amides is 1. The minimum absolute atomic E-state index is 0.283. The predicted octanol–water partition coefficient (Wildman–Crippen LogP) is 1.85. The molecule has 0 aliphatic carbocycles. The van der Waals surface area contributed by atoms with E-state index in [2.05, 4.69) is 9.80 Å². The highest BCUT2D eigenvalue weighted by atomic mass is 16.5. The zero-order chi connectivity index (χ0) is 13.7. The lowest BCUT2D eigenvalue weighted by atomic mass is 9.69. The summed E-state index contributed by atoms with van der Waals surface area (Å²) in [6.07, 6.45) is 8.06. The quantitative estimate of drug-likeness (QED) is 0.734. The van der Waals surface area contributed by atoms with E-state index in [9.17, 15) is 4.79 Å². The van der Waals surface area contributed by atoms with Gasteiger partial charge in [0.2, 0.25) is 5.91 Å². The fraction of sp³-hybridized carbons (Fsp3) is 0.938. The van der Waals surface area contributed by atoms with Crippen molar-refractivity contribution in [2.45, 2.75) is 56.7 Å². The number of carbonyl (C=O) groups is 1. The molecule has 4 aliphatic heterocycles. The normalized spacial score (nSPS) is 45.0. The van der Waals surface area contributed by atoms with E-state index in [0.29, 0.717) is 17.7 Å². The van der Waals surface area contributed by atoms with Crippen LogP contribution in [-0.2, 0) is 9.53 Å². The molecule has 4 heterocycles. The van der Waals surface area contributed by atoms with Gasteiger partial charge in [0, 0.05) is 38.6 Å². The number of hydrogen-bond acceptors (Lipinski definition) is 3. The Morgan fingerprint density at radius 3 is 3.00 bits per heavy atom. The summed E-state index contributed by atoms with van der Waals surface area (Å²) in [7, 11) is 1.81. The predicted molar refractivity (Wildman–Crippen MR) is 76.1 cm³/mol. The lowest BCUT2D eigenvalue weighted by Gasteiger charge is -2.61. The molecule has 0 radical (unpaired) electrons. The molecule has 4 nitrogen and oxygen atoms in total. The topological polar surface area (TPSA) is 32.8 Å². The average molecular weight is 278 g/mol. The molecule has 4 aliphatic rings. The maximum absolute atomic E-state index is 12.4. The maximum atomic E-state index is 12.4. The molecule has 0 saturated carbocycles. The SMILES string of the molecule is CO[C@]12CCCC(=O)N1C[C@@H]1C[C@H]2CN2CCCC[C@@H]12. The van der Waals surface area contributed by atoms with E-state index >= 15 is 0 Å². The Morgan fingerprint density at radius 1 is 1.25 bits per heavy atom. The van der Waals surface area contributed by atoms with Crippen LogP contribution in [-0.4, -0.2) is 54.2 Å². The van der Waals surface area contributed by atoms with Gasteiger partial charge in [-0.25, -0.2) is 0 Å². The number of piperidine rings is 4. The van der Waals surface area contributed by atoms with Gasteiger partial charge in [-0.15, -0.1) is 0 Å². The molecule has 0 aromatic heterocycles. The molecule has 0 unspecified atom stereocenters. The molecule has 4 heteroatoms. The number of nitrogens with zero attached hydrogens (tertiary/aromatic N) is 2. The van der Waals surface area contributed by atoms with Crippen LogP contribution in [0.4, 0.5) is 0 Å². The van der Waals surface area contributed by atoms with Gasteiger partial charge in [0.15, 0.2) is 0 Å². The van der Waals surface area contributed by atoms with Crippen molar-refractivity contribution in [3.63, 3.8) is 0 Å². The molecule has 4 saturated heterocycles. The number of methoxy groups -OCH3 is 1. The monoisotopic (exact) mass is 278 g/mol. The summed E-state index contributed by atoms with van der Waals surface area (Å²) in [6, 6.07) is 0.726. The third-order valence-corrected chi connectivity index (χ3v) is 6.34. The Hall–Kier alpha value is -0.610. The Balaban J connectivity index is 1.67. The van der Waals surface area contributed by atoms with Crippen LogP contribution in [0, 0.1) is 11.8 Å². The summed E-state index contributed by atoms with van der Waals surface area (Å²) in [6.45, 7) is 3.33. The second-order valence-electron chi connectivity index (χ2n) is 7.16. The fourth-order valence-electron chi connectivity index (χ4n) is 5.45. The molecule has 4 rings (SSSR count). The first-order valence-electron chi connectivity index (χ1n) is 8.34. The third kappa shape index (κ3) is 1.70. The lowest BCUT2D eigenvalue weighted by molar-refractivity contribution is -0.238. The second kappa shape index (κ2) is 4.70. The van der Waals surface area contributed by atoms with E-state index in [-0.39, 0.29) is 5.72 Å². The van der Waals surface area contributed by atoms with Gasteiger partial charge >= 0.3 is 0 Å². The van der Waals surface area contributed by atoms with E-state index in [0.717, 1.165) is 38.4 Å². The van der Waals surface area contributed by atoms with Gasteiger partial charge in [-0.05, 0) is 44.6 Å². The van der Waals surface area contributed by atoms with E-state index < -0.39 is 0 Å². The highest BCUT2D eigenvalue weighted by Crippen LogP contribution is 2.49. The van der Waals surface area contributed by atoms with E-state index in [1.54, 1.807) is 0 Å². The zero-order valence-corrected chi connectivity index (χ0v) is 12.5. The second-order valence-corrected chi connectivity index (χ2v) is 7.16. The summed E-state index contributed by atoms with van der Waals surface area (Å²) < 4.78 is 6.00. The summed E-state index contributed by atoms with van der Waals surface area (Å²) in [5.41, 5.74) is -0.283. The van der Waals surface area contributed by atoms with Gasteiger partial charge in [-0.2, -0.15) is 0 Å². The van der Waals surface area contributed by atoms with Crippen molar-refractivity contribution >= 4 is 5.91 Å². The first-order valence-corrected chi connectivity index (χ1v) is 8.34. The standard InChI is InChI=1S/C16H26N2O2/c1-20-16-7-4-6-15(19)18(16)10-12-9-13(16)11-17-8-3-2-5-14(12)17/h12-14H,2-11H2,1H3/t12-,13-,14-,16-/m0/s1. The molecular formula is C16H26N2O2. The minimum Gasteiger partial charge on any atom is -0.358 e. The summed E-state index contributed by atoms with van der Waals surface area (Å²) in [5, 5.41) is 0. The van der Waals surface area contributed by atoms with Crippen LogP contribution in [0.3, 0.4) is 0 Å². The Bertz CT molecular complexity index is 413. The highest BCUT2D eigenvalue weighted by Gasteiger charge is 2.57. The largest absolute Gasteiger partial charge is 0.358 e. The van der Waals surface area contributed by atoms with Crippen molar-refractivity contribution in [3.8, 4) is 0 Å². The number of hydrogen-bond donors (Lipinski definition) is 0. The first kappa shape index (κ1) is 13.1. The van der Waals surface area contributed by atoms with E-state index in [1.165, 1.54) is 32.2 Å². The molecule has 1 amide bonds. The number of rotatable bonds is 1. The Labute approximate surface area is 121 Å². The molecule has 0 N–H and O–H groups in total. The van der Waals surface area contributed by atoms with Crippen molar-refractivity contribution in [2.75, 3.05) is 26.7 Å². The zero-order valence-electron chi connectivity index (χ0n) is 12.5. The maximum Gasteiger partial charge on any atom is 0.224 e. The molecule has 20 heavy (non-hydrogen) atoms. The summed E-state index contributed by atoms with van der Waals surface area (Å²) in [5.74, 6) is 1.53. The van der Waals surface area contributed by atoms with Gasteiger partial charge in [0.05, 0.1) is 0 Å². The number of fused-ring (bicyclic) bond motifs is 6. The van der Waals surface area contributed by atoms with Gasteiger partial charge in [0.1, 0.15) is 5.72 Å². The molecule has 4 atom stereocenters. The van der Waals surface area contributed by atoms with E-state index in [4.69, 9.17) is 4.74 Å². The van der Waals surface area contributed by atoms with Crippen LogP contribution in [0.2, 0.25) is 0 Å².